The molecule has 1 aromatic carbocycles. The van der Waals surface area contributed by atoms with Crippen molar-refractivity contribution in [3.8, 4) is 5.75 Å². The second kappa shape index (κ2) is 8.47. The number of ether oxygens (including phenoxy) is 2. The van der Waals surface area contributed by atoms with Crippen LogP contribution in [0.1, 0.15) is 25.6 Å². The van der Waals surface area contributed by atoms with Crippen LogP contribution >= 0.6 is 39.0 Å². The van der Waals surface area contributed by atoms with Gasteiger partial charge in [0, 0.05) is 21.3 Å². The summed E-state index contributed by atoms with van der Waals surface area (Å²) in [5, 5.41) is 0. The highest BCUT2D eigenvalue weighted by molar-refractivity contribution is 9.10. The van der Waals surface area contributed by atoms with Gasteiger partial charge in [0.2, 0.25) is 0 Å². The number of nitrogens with zero attached hydrogens (tertiary/aromatic N) is 1. The highest BCUT2D eigenvalue weighted by Crippen LogP contribution is 2.41. The predicted molar refractivity (Wildman–Crippen MR) is 107 cm³/mol. The normalized spacial score (nSPS) is 11.3. The number of amides is 1. The third-order valence-corrected chi connectivity index (χ3v) is 6.52. The number of thiophene rings is 1. The van der Waals surface area contributed by atoms with Crippen molar-refractivity contribution in [2.45, 2.75) is 42.0 Å². The van der Waals surface area contributed by atoms with Crippen LogP contribution in [0.25, 0.3) is 0 Å². The summed E-state index contributed by atoms with van der Waals surface area (Å²) < 4.78 is 12.8. The molecule has 0 aliphatic heterocycles. The molecule has 1 aromatic heterocycles. The molecule has 0 spiro atoms. The van der Waals surface area contributed by atoms with Crippen LogP contribution in [-0.2, 0) is 11.3 Å². The van der Waals surface area contributed by atoms with Crippen molar-refractivity contribution in [1.82, 2.24) is 4.90 Å². The Kier molecular flexibility index (Phi) is 6.82. The van der Waals surface area contributed by atoms with Crippen LogP contribution < -0.4 is 4.74 Å². The zero-order valence-electron chi connectivity index (χ0n) is 15.0. The first-order valence-electron chi connectivity index (χ1n) is 7.72. The van der Waals surface area contributed by atoms with E-state index in [4.69, 9.17) is 9.47 Å². The number of hydrogen-bond acceptors (Lipinski definition) is 5. The Morgan fingerprint density at radius 2 is 2.04 bits per heavy atom. The Morgan fingerprint density at radius 3 is 2.68 bits per heavy atom. The largest absolute Gasteiger partial charge is 0.497 e. The predicted octanol–water partition coefficient (Wildman–Crippen LogP) is 6.04. The minimum atomic E-state index is -0.491. The van der Waals surface area contributed by atoms with Crippen LogP contribution in [0.2, 0.25) is 0 Å². The van der Waals surface area contributed by atoms with Crippen LogP contribution in [0.3, 0.4) is 0 Å². The summed E-state index contributed by atoms with van der Waals surface area (Å²) in [5.41, 5.74) is -0.491. The summed E-state index contributed by atoms with van der Waals surface area (Å²) in [4.78, 5) is 15.9. The van der Waals surface area contributed by atoms with Gasteiger partial charge >= 0.3 is 6.09 Å². The van der Waals surface area contributed by atoms with Crippen molar-refractivity contribution < 1.29 is 14.3 Å². The quantitative estimate of drug-likeness (QED) is 0.564. The fourth-order valence-corrected chi connectivity index (χ4v) is 5.17. The van der Waals surface area contributed by atoms with Gasteiger partial charge in [-0.2, -0.15) is 0 Å². The molecule has 0 bridgehead atoms. The van der Waals surface area contributed by atoms with Crippen LogP contribution in [0, 0.1) is 0 Å². The monoisotopic (exact) mass is 443 g/mol. The van der Waals surface area contributed by atoms with Gasteiger partial charge in [-0.3, -0.25) is 0 Å². The zero-order chi connectivity index (χ0) is 18.6. The van der Waals surface area contributed by atoms with E-state index in [1.807, 2.05) is 51.1 Å². The maximum Gasteiger partial charge on any atom is 0.410 e. The average molecular weight is 444 g/mol. The van der Waals surface area contributed by atoms with Crippen molar-refractivity contribution >= 4 is 45.1 Å². The lowest BCUT2D eigenvalue weighted by Gasteiger charge is -2.24. The molecule has 0 atom stereocenters. The molecule has 1 heterocycles. The third kappa shape index (κ3) is 6.24. The molecule has 2 aromatic rings. The van der Waals surface area contributed by atoms with Crippen molar-refractivity contribution in [2.75, 3.05) is 14.2 Å². The molecule has 0 saturated carbocycles. The van der Waals surface area contributed by atoms with Crippen LogP contribution in [0.15, 0.2) is 43.9 Å². The van der Waals surface area contributed by atoms with Gasteiger partial charge in [0.1, 0.15) is 11.4 Å². The van der Waals surface area contributed by atoms with E-state index >= 15 is 0 Å². The first-order valence-corrected chi connectivity index (χ1v) is 10.1. The Bertz CT molecular complexity index is 740. The second-order valence-electron chi connectivity index (χ2n) is 6.47. The zero-order valence-corrected chi connectivity index (χ0v) is 18.2. The van der Waals surface area contributed by atoms with E-state index < -0.39 is 5.60 Å². The molecule has 4 nitrogen and oxygen atoms in total. The van der Waals surface area contributed by atoms with Gasteiger partial charge < -0.3 is 14.4 Å². The Morgan fingerprint density at radius 1 is 1.32 bits per heavy atom. The molecule has 0 radical (unpaired) electrons. The van der Waals surface area contributed by atoms with E-state index in [2.05, 4.69) is 15.9 Å². The fraction of sp³-hybridized carbons (Fsp3) is 0.389. The van der Waals surface area contributed by atoms with E-state index in [1.165, 1.54) is 0 Å². The van der Waals surface area contributed by atoms with Crippen LogP contribution in [0.4, 0.5) is 4.79 Å². The van der Waals surface area contributed by atoms with E-state index in [9.17, 15) is 4.79 Å². The minimum absolute atomic E-state index is 0.320. The summed E-state index contributed by atoms with van der Waals surface area (Å²) in [6.07, 6.45) is -0.320. The molecule has 136 valence electrons. The van der Waals surface area contributed by atoms with E-state index in [1.54, 1.807) is 42.2 Å². The van der Waals surface area contributed by atoms with Crippen molar-refractivity contribution in [1.29, 1.82) is 0 Å². The number of methoxy groups -OCH3 is 1. The van der Waals surface area contributed by atoms with Gasteiger partial charge in [0.25, 0.3) is 0 Å². The number of carbonyl (C=O) groups is 1. The molecule has 1 amide bonds. The smallest absolute Gasteiger partial charge is 0.410 e. The topological polar surface area (TPSA) is 38.8 Å². The minimum Gasteiger partial charge on any atom is -0.497 e. The SMILES string of the molecule is COc1cccc(Sc2sc(CN(C)C(=O)OC(C)(C)C)cc2Br)c1. The number of hydrogen-bond donors (Lipinski definition) is 0. The van der Waals surface area contributed by atoms with E-state index in [0.29, 0.717) is 6.54 Å². The van der Waals surface area contributed by atoms with Crippen molar-refractivity contribution in [2.24, 2.45) is 0 Å². The molecule has 25 heavy (non-hydrogen) atoms. The van der Waals surface area contributed by atoms with Crippen LogP contribution in [-0.4, -0.2) is 30.8 Å². The number of rotatable bonds is 5. The summed E-state index contributed by atoms with van der Waals surface area (Å²) in [7, 11) is 3.41. The van der Waals surface area contributed by atoms with Gasteiger partial charge in [0.15, 0.2) is 0 Å². The molecule has 0 saturated heterocycles. The molecule has 0 N–H and O–H groups in total. The van der Waals surface area contributed by atoms with Gasteiger partial charge in [0.05, 0.1) is 17.9 Å². The molecular formula is C18H22BrNO3S2. The molecule has 7 heteroatoms. The summed E-state index contributed by atoms with van der Waals surface area (Å²) in [5.74, 6) is 0.836. The second-order valence-corrected chi connectivity index (χ2v) is 9.80. The molecular weight excluding hydrogens is 422 g/mol. The standard InChI is InChI=1S/C18H22BrNO3S2/c1-18(2,3)23-17(21)20(4)11-14-10-15(19)16(25-14)24-13-8-6-7-12(9-13)22-5/h6-10H,11H2,1-5H3. The van der Waals surface area contributed by atoms with E-state index in [-0.39, 0.29) is 6.09 Å². The van der Waals surface area contributed by atoms with Crippen molar-refractivity contribution in [3.05, 3.63) is 39.7 Å². The highest BCUT2D eigenvalue weighted by Gasteiger charge is 2.20. The Hall–Kier alpha value is -1.18. The van der Waals surface area contributed by atoms with Crippen LogP contribution in [0.5, 0.6) is 5.75 Å². The summed E-state index contributed by atoms with van der Waals surface area (Å²) >= 11 is 6.93. The lowest BCUT2D eigenvalue weighted by molar-refractivity contribution is 0.0287. The number of carbonyl (C=O) groups excluding carboxylic acids is 1. The highest BCUT2D eigenvalue weighted by atomic mass is 79.9. The number of benzene rings is 1. The Labute approximate surface area is 165 Å². The van der Waals surface area contributed by atoms with Gasteiger partial charge in [-0.25, -0.2) is 4.79 Å². The van der Waals surface area contributed by atoms with E-state index in [0.717, 1.165) is 24.2 Å². The first kappa shape index (κ1) is 20.1. The molecule has 0 unspecified atom stereocenters. The molecule has 2 rings (SSSR count). The van der Waals surface area contributed by atoms with Crippen molar-refractivity contribution in [3.63, 3.8) is 0 Å². The summed E-state index contributed by atoms with van der Waals surface area (Å²) in [6, 6.07) is 10.00. The first-order chi connectivity index (χ1) is 11.7. The fourth-order valence-electron chi connectivity index (χ4n) is 1.95. The lowest BCUT2D eigenvalue weighted by Crippen LogP contribution is -2.33. The average Bonchev–Trinajstić information content (AvgIpc) is 2.85. The molecule has 0 aliphatic carbocycles. The lowest BCUT2D eigenvalue weighted by atomic mass is 10.2. The Balaban J connectivity index is 2.05. The molecule has 0 fully saturated rings. The van der Waals surface area contributed by atoms with Gasteiger partial charge in [-0.05, 0) is 61.0 Å². The molecule has 0 aliphatic rings. The van der Waals surface area contributed by atoms with Gasteiger partial charge in [-0.15, -0.1) is 11.3 Å². The van der Waals surface area contributed by atoms with Gasteiger partial charge in [-0.1, -0.05) is 17.8 Å². The third-order valence-electron chi connectivity index (χ3n) is 3.06. The summed E-state index contributed by atoms with van der Waals surface area (Å²) in [6.45, 7) is 6.10. The maximum atomic E-state index is 12.1. The maximum absolute atomic E-state index is 12.1. The number of halogens is 1.